The van der Waals surface area contributed by atoms with E-state index in [9.17, 15) is 0 Å². The first-order valence-corrected chi connectivity index (χ1v) is 6.42. The lowest BCUT2D eigenvalue weighted by atomic mass is 9.91. The van der Waals surface area contributed by atoms with E-state index in [1.807, 2.05) is 7.11 Å². The standard InChI is InChI=1S/C12H24N2O2/c1-15-11-4-2-10(3-5-11)14-6-7-16-12(8-13)9-14/h10-12H,2-9,13H2,1H3. The lowest BCUT2D eigenvalue weighted by Crippen LogP contribution is -2.51. The van der Waals surface area contributed by atoms with Crippen LogP contribution in [0.5, 0.6) is 0 Å². The van der Waals surface area contributed by atoms with Gasteiger partial charge in [-0.1, -0.05) is 0 Å². The SMILES string of the molecule is COC1CCC(N2CCOC(CN)C2)CC1. The number of rotatable bonds is 3. The minimum absolute atomic E-state index is 0.244. The molecule has 0 radical (unpaired) electrons. The van der Waals surface area contributed by atoms with Crippen LogP contribution in [0.1, 0.15) is 25.7 Å². The zero-order chi connectivity index (χ0) is 11.4. The fraction of sp³-hybridized carbons (Fsp3) is 1.00. The van der Waals surface area contributed by atoms with Gasteiger partial charge in [0.25, 0.3) is 0 Å². The molecule has 2 rings (SSSR count). The predicted molar refractivity (Wildman–Crippen MR) is 63.4 cm³/mol. The van der Waals surface area contributed by atoms with Gasteiger partial charge in [-0.2, -0.15) is 0 Å². The summed E-state index contributed by atoms with van der Waals surface area (Å²) in [7, 11) is 1.82. The van der Waals surface area contributed by atoms with Crippen LogP contribution < -0.4 is 5.73 Å². The average molecular weight is 228 g/mol. The molecule has 0 aromatic carbocycles. The molecule has 2 aliphatic rings. The molecule has 94 valence electrons. The fourth-order valence-corrected chi connectivity index (χ4v) is 2.86. The Kier molecular flexibility index (Phi) is 4.58. The minimum Gasteiger partial charge on any atom is -0.381 e. The van der Waals surface area contributed by atoms with Crippen molar-refractivity contribution in [3.63, 3.8) is 0 Å². The second-order valence-electron chi connectivity index (χ2n) is 4.89. The largest absolute Gasteiger partial charge is 0.381 e. The maximum atomic E-state index is 5.67. The minimum atomic E-state index is 0.244. The summed E-state index contributed by atoms with van der Waals surface area (Å²) < 4.78 is 11.0. The molecule has 1 saturated heterocycles. The highest BCUT2D eigenvalue weighted by Crippen LogP contribution is 2.25. The summed E-state index contributed by atoms with van der Waals surface area (Å²) in [5.41, 5.74) is 5.67. The van der Waals surface area contributed by atoms with E-state index in [-0.39, 0.29) is 6.10 Å². The highest BCUT2D eigenvalue weighted by atomic mass is 16.5. The van der Waals surface area contributed by atoms with Crippen molar-refractivity contribution in [1.82, 2.24) is 4.90 Å². The highest BCUT2D eigenvalue weighted by Gasteiger charge is 2.29. The van der Waals surface area contributed by atoms with Crippen LogP contribution in [0.4, 0.5) is 0 Å². The third-order valence-electron chi connectivity index (χ3n) is 3.93. The van der Waals surface area contributed by atoms with Gasteiger partial charge in [0.15, 0.2) is 0 Å². The molecule has 1 atom stereocenters. The van der Waals surface area contributed by atoms with Gasteiger partial charge in [-0.05, 0) is 25.7 Å². The van der Waals surface area contributed by atoms with Crippen LogP contribution in [-0.2, 0) is 9.47 Å². The lowest BCUT2D eigenvalue weighted by molar-refractivity contribution is -0.0516. The van der Waals surface area contributed by atoms with Crippen LogP contribution in [0.15, 0.2) is 0 Å². The number of hydrogen-bond acceptors (Lipinski definition) is 4. The van der Waals surface area contributed by atoms with E-state index in [1.54, 1.807) is 0 Å². The number of nitrogens with zero attached hydrogens (tertiary/aromatic N) is 1. The molecular formula is C12H24N2O2. The maximum absolute atomic E-state index is 5.67. The van der Waals surface area contributed by atoms with Crippen molar-refractivity contribution in [1.29, 1.82) is 0 Å². The van der Waals surface area contributed by atoms with Gasteiger partial charge in [-0.15, -0.1) is 0 Å². The Bertz CT molecular complexity index is 205. The zero-order valence-electron chi connectivity index (χ0n) is 10.2. The molecule has 16 heavy (non-hydrogen) atoms. The van der Waals surface area contributed by atoms with E-state index in [2.05, 4.69) is 4.90 Å². The molecule has 1 heterocycles. The third kappa shape index (κ3) is 2.94. The quantitative estimate of drug-likeness (QED) is 0.768. The molecule has 0 bridgehead atoms. The summed E-state index contributed by atoms with van der Waals surface area (Å²) in [6.07, 6.45) is 5.65. The Hall–Kier alpha value is -0.160. The molecule has 1 aliphatic heterocycles. The number of morpholine rings is 1. The van der Waals surface area contributed by atoms with Gasteiger partial charge in [-0.3, -0.25) is 4.90 Å². The van der Waals surface area contributed by atoms with E-state index in [0.29, 0.717) is 12.6 Å². The van der Waals surface area contributed by atoms with Crippen LogP contribution in [0.3, 0.4) is 0 Å². The predicted octanol–water partition coefficient (Wildman–Crippen LogP) is 0.604. The molecule has 0 amide bonds. The summed E-state index contributed by atoms with van der Waals surface area (Å²) in [5, 5.41) is 0. The van der Waals surface area contributed by atoms with Crippen LogP contribution >= 0.6 is 0 Å². The van der Waals surface area contributed by atoms with E-state index < -0.39 is 0 Å². The van der Waals surface area contributed by atoms with Gasteiger partial charge in [0.05, 0.1) is 18.8 Å². The molecule has 1 saturated carbocycles. The molecular weight excluding hydrogens is 204 g/mol. The first-order chi connectivity index (χ1) is 7.83. The summed E-state index contributed by atoms with van der Waals surface area (Å²) in [4.78, 5) is 2.56. The van der Waals surface area contributed by atoms with E-state index in [4.69, 9.17) is 15.2 Å². The normalized spacial score (nSPS) is 37.5. The summed E-state index contributed by atoms with van der Waals surface area (Å²) in [5.74, 6) is 0. The Morgan fingerprint density at radius 3 is 2.69 bits per heavy atom. The monoisotopic (exact) mass is 228 g/mol. The van der Waals surface area contributed by atoms with Gasteiger partial charge < -0.3 is 15.2 Å². The number of nitrogens with two attached hydrogens (primary N) is 1. The van der Waals surface area contributed by atoms with E-state index >= 15 is 0 Å². The number of methoxy groups -OCH3 is 1. The van der Waals surface area contributed by atoms with Crippen molar-refractivity contribution >= 4 is 0 Å². The molecule has 4 heteroatoms. The van der Waals surface area contributed by atoms with Crippen molar-refractivity contribution in [2.75, 3.05) is 33.4 Å². The third-order valence-corrected chi connectivity index (χ3v) is 3.93. The number of hydrogen-bond donors (Lipinski definition) is 1. The molecule has 2 fully saturated rings. The smallest absolute Gasteiger partial charge is 0.0824 e. The molecule has 4 nitrogen and oxygen atoms in total. The topological polar surface area (TPSA) is 47.7 Å². The molecule has 1 aliphatic carbocycles. The van der Waals surface area contributed by atoms with Gasteiger partial charge in [0.1, 0.15) is 0 Å². The van der Waals surface area contributed by atoms with Crippen molar-refractivity contribution in [3.8, 4) is 0 Å². The first-order valence-electron chi connectivity index (χ1n) is 6.42. The van der Waals surface area contributed by atoms with Gasteiger partial charge >= 0.3 is 0 Å². The van der Waals surface area contributed by atoms with Crippen molar-refractivity contribution in [3.05, 3.63) is 0 Å². The Balaban J connectivity index is 1.79. The Morgan fingerprint density at radius 1 is 1.31 bits per heavy atom. The summed E-state index contributed by atoms with van der Waals surface area (Å²) >= 11 is 0. The maximum Gasteiger partial charge on any atom is 0.0824 e. The number of ether oxygens (including phenoxy) is 2. The van der Waals surface area contributed by atoms with Crippen molar-refractivity contribution < 1.29 is 9.47 Å². The van der Waals surface area contributed by atoms with Crippen LogP contribution in [0.2, 0.25) is 0 Å². The average Bonchev–Trinajstić information content (AvgIpc) is 2.39. The molecule has 2 N–H and O–H groups in total. The lowest BCUT2D eigenvalue weighted by Gasteiger charge is -2.40. The van der Waals surface area contributed by atoms with Crippen LogP contribution in [0.25, 0.3) is 0 Å². The Labute approximate surface area is 98.1 Å². The highest BCUT2D eigenvalue weighted by molar-refractivity contribution is 4.83. The first kappa shape index (κ1) is 12.3. The van der Waals surface area contributed by atoms with Crippen molar-refractivity contribution in [2.45, 2.75) is 43.9 Å². The summed E-state index contributed by atoms with van der Waals surface area (Å²) in [6.45, 7) is 3.56. The Morgan fingerprint density at radius 2 is 2.06 bits per heavy atom. The summed E-state index contributed by atoms with van der Waals surface area (Å²) in [6, 6.07) is 0.726. The van der Waals surface area contributed by atoms with E-state index in [1.165, 1.54) is 25.7 Å². The van der Waals surface area contributed by atoms with Crippen molar-refractivity contribution in [2.24, 2.45) is 5.73 Å². The molecule has 1 unspecified atom stereocenters. The van der Waals surface area contributed by atoms with Gasteiger partial charge in [0, 0.05) is 32.8 Å². The van der Waals surface area contributed by atoms with Gasteiger partial charge in [0.2, 0.25) is 0 Å². The fourth-order valence-electron chi connectivity index (χ4n) is 2.86. The molecule has 0 aromatic heterocycles. The zero-order valence-corrected chi connectivity index (χ0v) is 10.2. The van der Waals surface area contributed by atoms with Crippen LogP contribution in [0, 0.1) is 0 Å². The second kappa shape index (κ2) is 5.96. The van der Waals surface area contributed by atoms with Crippen LogP contribution in [-0.4, -0.2) is 56.5 Å². The molecule has 0 spiro atoms. The second-order valence-corrected chi connectivity index (χ2v) is 4.89. The van der Waals surface area contributed by atoms with Gasteiger partial charge in [-0.25, -0.2) is 0 Å². The molecule has 0 aromatic rings. The van der Waals surface area contributed by atoms with E-state index in [0.717, 1.165) is 25.7 Å².